The maximum absolute atomic E-state index is 11.6. The van der Waals surface area contributed by atoms with Crippen LogP contribution in [0.3, 0.4) is 0 Å². The first kappa shape index (κ1) is 15.0. The number of carboxylic acids is 1. The Bertz CT molecular complexity index is 408. The van der Waals surface area contributed by atoms with Crippen LogP contribution in [0.25, 0.3) is 0 Å². The molecule has 0 radical (unpaired) electrons. The zero-order chi connectivity index (χ0) is 14.1. The van der Waals surface area contributed by atoms with Crippen LogP contribution < -0.4 is 10.6 Å². The standard InChI is InChI=1S/C13H18N2O4/c1-2-19-9-8-14-13(18)15-11(12(16)17)10-6-4-3-5-7-10/h3-7,11H,2,8-9H2,1H3,(H,16,17)(H2,14,15,18)/t11-/m1/s1. The first-order valence-electron chi connectivity index (χ1n) is 6.05. The lowest BCUT2D eigenvalue weighted by atomic mass is 10.1. The van der Waals surface area contributed by atoms with E-state index in [0.29, 0.717) is 25.3 Å². The molecule has 0 unspecified atom stereocenters. The molecule has 104 valence electrons. The number of urea groups is 1. The van der Waals surface area contributed by atoms with Gasteiger partial charge in [0.05, 0.1) is 6.61 Å². The summed E-state index contributed by atoms with van der Waals surface area (Å²) in [6.45, 7) is 3.16. The smallest absolute Gasteiger partial charge is 0.330 e. The zero-order valence-electron chi connectivity index (χ0n) is 10.8. The van der Waals surface area contributed by atoms with Crippen molar-refractivity contribution in [3.8, 4) is 0 Å². The van der Waals surface area contributed by atoms with E-state index in [1.54, 1.807) is 30.3 Å². The maximum Gasteiger partial charge on any atom is 0.330 e. The predicted molar refractivity (Wildman–Crippen MR) is 69.8 cm³/mol. The molecule has 0 aliphatic carbocycles. The molecule has 0 saturated heterocycles. The molecule has 1 rings (SSSR count). The lowest BCUT2D eigenvalue weighted by molar-refractivity contribution is -0.139. The van der Waals surface area contributed by atoms with E-state index in [-0.39, 0.29) is 0 Å². The molecule has 1 aromatic carbocycles. The first-order valence-corrected chi connectivity index (χ1v) is 6.05. The topological polar surface area (TPSA) is 87.7 Å². The van der Waals surface area contributed by atoms with Gasteiger partial charge in [-0.15, -0.1) is 0 Å². The highest BCUT2D eigenvalue weighted by Gasteiger charge is 2.21. The van der Waals surface area contributed by atoms with Crippen LogP contribution in [0, 0.1) is 0 Å². The van der Waals surface area contributed by atoms with Crippen molar-refractivity contribution in [2.24, 2.45) is 0 Å². The number of amides is 2. The van der Waals surface area contributed by atoms with Crippen molar-refractivity contribution < 1.29 is 19.4 Å². The summed E-state index contributed by atoms with van der Waals surface area (Å²) in [6, 6.07) is 6.94. The highest BCUT2D eigenvalue weighted by Crippen LogP contribution is 2.12. The average Bonchev–Trinajstić information content (AvgIpc) is 2.41. The van der Waals surface area contributed by atoms with Crippen LogP contribution >= 0.6 is 0 Å². The fourth-order valence-corrected chi connectivity index (χ4v) is 1.50. The summed E-state index contributed by atoms with van der Waals surface area (Å²) < 4.78 is 5.06. The SMILES string of the molecule is CCOCCNC(=O)N[C@@H](C(=O)O)c1ccccc1. The molecular formula is C13H18N2O4. The van der Waals surface area contributed by atoms with Gasteiger partial charge in [0, 0.05) is 13.2 Å². The second-order valence-electron chi connectivity index (χ2n) is 3.78. The largest absolute Gasteiger partial charge is 0.479 e. The molecule has 6 heteroatoms. The fraction of sp³-hybridized carbons (Fsp3) is 0.385. The summed E-state index contributed by atoms with van der Waals surface area (Å²) in [4.78, 5) is 22.7. The van der Waals surface area contributed by atoms with Gasteiger partial charge in [-0.25, -0.2) is 9.59 Å². The van der Waals surface area contributed by atoms with Crippen LogP contribution in [0.1, 0.15) is 18.5 Å². The number of aliphatic carboxylic acids is 1. The molecule has 19 heavy (non-hydrogen) atoms. The fourth-order valence-electron chi connectivity index (χ4n) is 1.50. The molecule has 1 atom stereocenters. The minimum absolute atomic E-state index is 0.334. The molecule has 0 aliphatic rings. The third kappa shape index (κ3) is 5.39. The first-order chi connectivity index (χ1) is 9.15. The third-order valence-electron chi connectivity index (χ3n) is 2.39. The summed E-state index contributed by atoms with van der Waals surface area (Å²) >= 11 is 0. The Kier molecular flexibility index (Phi) is 6.38. The van der Waals surface area contributed by atoms with Crippen LogP contribution in [0.4, 0.5) is 4.79 Å². The van der Waals surface area contributed by atoms with Gasteiger partial charge in [0.2, 0.25) is 0 Å². The molecule has 1 aromatic rings. The zero-order valence-corrected chi connectivity index (χ0v) is 10.8. The summed E-state index contributed by atoms with van der Waals surface area (Å²) in [5.74, 6) is -1.11. The van der Waals surface area contributed by atoms with E-state index in [1.807, 2.05) is 6.92 Å². The van der Waals surface area contributed by atoms with E-state index in [4.69, 9.17) is 9.84 Å². The molecule has 2 amide bonds. The van der Waals surface area contributed by atoms with Crippen LogP contribution in [-0.4, -0.2) is 36.9 Å². The minimum Gasteiger partial charge on any atom is -0.479 e. The normalized spacial score (nSPS) is 11.6. The molecule has 3 N–H and O–H groups in total. The van der Waals surface area contributed by atoms with Crippen LogP contribution in [0.5, 0.6) is 0 Å². The van der Waals surface area contributed by atoms with Gasteiger partial charge in [0.25, 0.3) is 0 Å². The summed E-state index contributed by atoms with van der Waals surface area (Å²) in [6.07, 6.45) is 0. The Hall–Kier alpha value is -2.08. The average molecular weight is 266 g/mol. The molecule has 0 aliphatic heterocycles. The predicted octanol–water partition coefficient (Wildman–Crippen LogP) is 1.15. The molecule has 0 aromatic heterocycles. The number of nitrogens with one attached hydrogen (secondary N) is 2. The van der Waals surface area contributed by atoms with Crippen molar-refractivity contribution in [1.29, 1.82) is 0 Å². The van der Waals surface area contributed by atoms with Crippen molar-refractivity contribution in [3.63, 3.8) is 0 Å². The molecule has 0 saturated carbocycles. The van der Waals surface area contributed by atoms with Crippen molar-refractivity contribution in [2.45, 2.75) is 13.0 Å². The number of rotatable bonds is 7. The second kappa shape index (κ2) is 8.10. The lowest BCUT2D eigenvalue weighted by Crippen LogP contribution is -2.42. The molecular weight excluding hydrogens is 248 g/mol. The number of hydrogen-bond donors (Lipinski definition) is 3. The van der Waals surface area contributed by atoms with E-state index < -0.39 is 18.0 Å². The van der Waals surface area contributed by atoms with Crippen molar-refractivity contribution >= 4 is 12.0 Å². The number of ether oxygens (including phenoxy) is 1. The molecule has 0 bridgehead atoms. The van der Waals surface area contributed by atoms with Crippen molar-refractivity contribution in [3.05, 3.63) is 35.9 Å². The maximum atomic E-state index is 11.6. The molecule has 0 spiro atoms. The summed E-state index contributed by atoms with van der Waals surface area (Å²) in [5.41, 5.74) is 0.523. The quantitative estimate of drug-likeness (QED) is 0.646. The Balaban J connectivity index is 2.51. The summed E-state index contributed by atoms with van der Waals surface area (Å²) in [7, 11) is 0. The number of benzene rings is 1. The Labute approximate surface area is 111 Å². The van der Waals surface area contributed by atoms with Crippen molar-refractivity contribution in [2.75, 3.05) is 19.8 Å². The monoisotopic (exact) mass is 266 g/mol. The van der Waals surface area contributed by atoms with Crippen LogP contribution in [0.2, 0.25) is 0 Å². The van der Waals surface area contributed by atoms with E-state index in [9.17, 15) is 9.59 Å². The van der Waals surface area contributed by atoms with Gasteiger partial charge in [-0.3, -0.25) is 0 Å². The van der Waals surface area contributed by atoms with Gasteiger partial charge < -0.3 is 20.5 Å². The van der Waals surface area contributed by atoms with Gasteiger partial charge in [-0.1, -0.05) is 30.3 Å². The Morgan fingerprint density at radius 3 is 2.58 bits per heavy atom. The minimum atomic E-state index is -1.11. The number of carbonyl (C=O) groups is 2. The second-order valence-corrected chi connectivity index (χ2v) is 3.78. The van der Waals surface area contributed by atoms with Crippen molar-refractivity contribution in [1.82, 2.24) is 10.6 Å². The van der Waals surface area contributed by atoms with Gasteiger partial charge in [-0.05, 0) is 12.5 Å². The third-order valence-corrected chi connectivity index (χ3v) is 2.39. The number of hydrogen-bond acceptors (Lipinski definition) is 3. The highest BCUT2D eigenvalue weighted by molar-refractivity contribution is 5.83. The number of carbonyl (C=O) groups excluding carboxylic acids is 1. The van der Waals surface area contributed by atoms with E-state index in [2.05, 4.69) is 10.6 Å². The Morgan fingerprint density at radius 1 is 1.32 bits per heavy atom. The number of carboxylic acid groups (broad SMARTS) is 1. The molecule has 0 fully saturated rings. The lowest BCUT2D eigenvalue weighted by Gasteiger charge is -2.15. The van der Waals surface area contributed by atoms with E-state index in [0.717, 1.165) is 0 Å². The van der Waals surface area contributed by atoms with Gasteiger partial charge in [-0.2, -0.15) is 0 Å². The van der Waals surface area contributed by atoms with E-state index in [1.165, 1.54) is 0 Å². The van der Waals surface area contributed by atoms with Crippen LogP contribution in [-0.2, 0) is 9.53 Å². The van der Waals surface area contributed by atoms with Gasteiger partial charge in [0.1, 0.15) is 0 Å². The van der Waals surface area contributed by atoms with Crippen LogP contribution in [0.15, 0.2) is 30.3 Å². The highest BCUT2D eigenvalue weighted by atomic mass is 16.5. The summed E-state index contributed by atoms with van der Waals surface area (Å²) in [5, 5.41) is 14.1. The Morgan fingerprint density at radius 2 is 2.00 bits per heavy atom. The molecule has 6 nitrogen and oxygen atoms in total. The van der Waals surface area contributed by atoms with Gasteiger partial charge >= 0.3 is 12.0 Å². The molecule has 0 heterocycles. The van der Waals surface area contributed by atoms with E-state index >= 15 is 0 Å². The van der Waals surface area contributed by atoms with Gasteiger partial charge in [0.15, 0.2) is 6.04 Å².